The first kappa shape index (κ1) is 41.0. The Balaban J connectivity index is 0.00000323. The second-order valence-corrected chi connectivity index (χ2v) is 17.7. The maximum Gasteiger partial charge on any atom is -1.00 e. The summed E-state index contributed by atoms with van der Waals surface area (Å²) in [6.45, 7) is 14.0. The van der Waals surface area contributed by atoms with Gasteiger partial charge < -0.3 is 37.2 Å². The van der Waals surface area contributed by atoms with Crippen molar-refractivity contribution >= 4 is 23.6 Å². The first-order valence-electron chi connectivity index (χ1n) is 16.2. The molecule has 0 amide bonds. The predicted molar refractivity (Wildman–Crippen MR) is 179 cm³/mol. The number of unbranched alkanes of at least 4 members (excludes halogenated alkanes) is 3. The fourth-order valence-electron chi connectivity index (χ4n) is 6.52. The van der Waals surface area contributed by atoms with E-state index in [-0.39, 0.29) is 42.6 Å². The van der Waals surface area contributed by atoms with Gasteiger partial charge >= 0.3 is 265 Å². The van der Waals surface area contributed by atoms with E-state index in [0.29, 0.717) is 0 Å². The summed E-state index contributed by atoms with van der Waals surface area (Å²) in [4.78, 5) is 0. The quantitative estimate of drug-likeness (QED) is 0.173. The topological polar surface area (TPSA) is 0 Å². The van der Waals surface area contributed by atoms with Crippen LogP contribution in [0, 0.1) is 5.41 Å². The predicted octanol–water partition coefficient (Wildman–Crippen LogP) is -0.0871. The van der Waals surface area contributed by atoms with E-state index in [1.807, 2.05) is 0 Å². The van der Waals surface area contributed by atoms with Gasteiger partial charge in [-0.15, -0.1) is 0 Å². The van der Waals surface area contributed by atoms with E-state index >= 15 is 0 Å². The number of halogens is 3. The monoisotopic (exact) mass is 700 g/mol. The van der Waals surface area contributed by atoms with Gasteiger partial charge in [0.15, 0.2) is 0 Å². The summed E-state index contributed by atoms with van der Waals surface area (Å²) < 4.78 is 1.53. The molecule has 0 saturated heterocycles. The molecule has 0 spiro atoms. The van der Waals surface area contributed by atoms with E-state index in [2.05, 4.69) is 141 Å². The van der Waals surface area contributed by atoms with E-state index in [4.69, 9.17) is 0 Å². The molecule has 0 aromatic heterocycles. The molecule has 5 heteroatoms. The second kappa shape index (κ2) is 18.9. The largest absolute Gasteiger partial charge is 1.00 e. The van der Waals surface area contributed by atoms with Crippen LogP contribution in [0.4, 0.5) is 0 Å². The smallest absolute Gasteiger partial charge is 1.00 e. The van der Waals surface area contributed by atoms with Crippen molar-refractivity contribution in [2.75, 3.05) is 0 Å². The van der Waals surface area contributed by atoms with Crippen LogP contribution in [-0.2, 0) is 39.7 Å². The Morgan fingerprint density at radius 3 is 1.14 bits per heavy atom. The van der Waals surface area contributed by atoms with Gasteiger partial charge in [0.05, 0.1) is 0 Å². The first-order chi connectivity index (χ1) is 19.7. The molecule has 236 valence electrons. The first-order valence-corrected chi connectivity index (χ1v) is 19.0. The molecule has 0 saturated carbocycles. The van der Waals surface area contributed by atoms with Gasteiger partial charge in [0, 0.05) is 0 Å². The van der Waals surface area contributed by atoms with E-state index in [1.54, 1.807) is 5.20 Å². The van der Waals surface area contributed by atoms with Crippen molar-refractivity contribution in [3.05, 3.63) is 110 Å². The van der Waals surface area contributed by atoms with Crippen molar-refractivity contribution in [3.63, 3.8) is 0 Å². The molecule has 44 heavy (non-hydrogen) atoms. The third-order valence-corrected chi connectivity index (χ3v) is 15.2. The third kappa shape index (κ3) is 9.27. The van der Waals surface area contributed by atoms with Crippen LogP contribution < -0.4 is 52.8 Å². The Morgan fingerprint density at radius 1 is 0.568 bits per heavy atom. The van der Waals surface area contributed by atoms with E-state index in [0.717, 1.165) is 6.42 Å². The van der Waals surface area contributed by atoms with Crippen molar-refractivity contribution in [1.29, 1.82) is 0 Å². The molecule has 0 aliphatic heterocycles. The Labute approximate surface area is 300 Å². The van der Waals surface area contributed by atoms with Crippen LogP contribution in [0.3, 0.4) is 0 Å². The number of hydrogen-bond donors (Lipinski definition) is 0. The van der Waals surface area contributed by atoms with Crippen LogP contribution in [0.1, 0.15) is 103 Å². The molecule has 0 nitrogen and oxygen atoms in total. The van der Waals surface area contributed by atoms with Crippen LogP contribution in [-0.4, -0.2) is 8.07 Å². The summed E-state index contributed by atoms with van der Waals surface area (Å²) in [5.41, 5.74) is 6.07. The number of aryl methyl sites for hydroxylation is 3. The van der Waals surface area contributed by atoms with Gasteiger partial charge in [-0.3, -0.25) is 0 Å². The zero-order valence-electron chi connectivity index (χ0n) is 27.7. The summed E-state index contributed by atoms with van der Waals surface area (Å²) >= 11 is 2.42. The molecular weight excluding hydrogens is 651 g/mol. The van der Waals surface area contributed by atoms with Crippen molar-refractivity contribution < 1.29 is 57.7 Å². The Morgan fingerprint density at radius 2 is 0.886 bits per heavy atom. The number of allylic oxidation sites excluding steroid dienone is 4. The summed E-state index contributed by atoms with van der Waals surface area (Å²) in [6.07, 6.45) is 14.6. The van der Waals surface area contributed by atoms with Gasteiger partial charge in [-0.25, -0.2) is 0 Å². The summed E-state index contributed by atoms with van der Waals surface area (Å²) in [6, 6.07) is 29.6. The van der Waals surface area contributed by atoms with Crippen LogP contribution in [0.5, 0.6) is 0 Å². The number of hydrogen-bond acceptors (Lipinski definition) is 0. The normalized spacial score (nSPS) is 13.1. The zero-order valence-corrected chi connectivity index (χ0v) is 32.5. The van der Waals surface area contributed by atoms with Crippen LogP contribution in [0.2, 0.25) is 0 Å². The SMILES string of the molecule is CCCCc1ccc([Si](C2=[C]([Ti+3])C(C(C)(C)C)=CC2)(c2ccc(CCCC)cc2)c2ccc(CCCC)cc2)cc1.[Cl-].[Cl-].[Cl-]. The number of benzene rings is 3. The summed E-state index contributed by atoms with van der Waals surface area (Å²) in [7, 11) is -2.51. The Bertz CT molecular complexity index is 1210. The fourth-order valence-corrected chi connectivity index (χ4v) is 13.3. The van der Waals surface area contributed by atoms with Crippen LogP contribution in [0.15, 0.2) is 93.5 Å². The summed E-state index contributed by atoms with van der Waals surface area (Å²) in [5, 5.41) is 6.25. The van der Waals surface area contributed by atoms with Gasteiger partial charge in [-0.2, -0.15) is 0 Å². The average Bonchev–Trinajstić information content (AvgIpc) is 3.38. The van der Waals surface area contributed by atoms with Gasteiger partial charge in [0.25, 0.3) is 0 Å². The molecular formula is C39H51Cl3SiTi. The standard InChI is InChI=1S/C39H51Si.3ClH.Ti/c1-7-10-13-31-16-23-35(24-17-31)40(38-29-22-34(30-38)39(4,5)6,36-25-18-32(19-26-36)14-11-8-2)37-27-20-33(21-28-37)15-12-9-3;;;;/h16-28H,7-15,29H2,1-6H3;3*1H;/q;;;;+3/p-3. The molecule has 0 atom stereocenters. The third-order valence-electron chi connectivity index (χ3n) is 8.96. The molecule has 0 radical (unpaired) electrons. The molecule has 1 aliphatic rings. The maximum atomic E-state index is 2.55. The minimum atomic E-state index is -2.51. The van der Waals surface area contributed by atoms with Crippen LogP contribution in [0.25, 0.3) is 0 Å². The molecule has 3 aromatic carbocycles. The molecule has 0 heterocycles. The van der Waals surface area contributed by atoms with Crippen molar-refractivity contribution in [1.82, 2.24) is 0 Å². The van der Waals surface area contributed by atoms with Crippen molar-refractivity contribution in [2.24, 2.45) is 5.41 Å². The van der Waals surface area contributed by atoms with E-state index in [9.17, 15) is 0 Å². The number of rotatable bonds is 13. The Kier molecular flexibility index (Phi) is 17.6. The Hall–Kier alpha value is -1.06. The van der Waals surface area contributed by atoms with Gasteiger partial charge in [0.2, 0.25) is 0 Å². The second-order valence-electron chi connectivity index (χ2n) is 13.1. The zero-order chi connectivity index (χ0) is 29.5. The molecule has 3 aromatic rings. The fraction of sp³-hybridized carbons (Fsp3) is 0.436. The molecule has 0 unspecified atom stereocenters. The minimum absolute atomic E-state index is 0. The molecule has 0 bridgehead atoms. The van der Waals surface area contributed by atoms with Crippen molar-refractivity contribution in [3.8, 4) is 0 Å². The van der Waals surface area contributed by atoms with E-state index in [1.165, 1.54) is 99.5 Å². The molecule has 0 fully saturated rings. The van der Waals surface area contributed by atoms with Gasteiger partial charge in [0.1, 0.15) is 0 Å². The van der Waals surface area contributed by atoms with Crippen LogP contribution >= 0.6 is 0 Å². The van der Waals surface area contributed by atoms with Gasteiger partial charge in [-0.05, 0) is 0 Å². The molecule has 0 N–H and O–H groups in total. The van der Waals surface area contributed by atoms with Gasteiger partial charge in [-0.1, -0.05) is 0 Å². The minimum Gasteiger partial charge on any atom is -1.00 e. The average molecular weight is 702 g/mol. The molecule has 4 rings (SSSR count). The van der Waals surface area contributed by atoms with Crippen molar-refractivity contribution in [2.45, 2.75) is 106 Å². The van der Waals surface area contributed by atoms with E-state index < -0.39 is 8.07 Å². The molecule has 1 aliphatic carbocycles. The summed E-state index contributed by atoms with van der Waals surface area (Å²) in [5.74, 6) is 0. The maximum absolute atomic E-state index is 2.55.